The van der Waals surface area contributed by atoms with Gasteiger partial charge in [-0.2, -0.15) is 0 Å². The molecule has 1 amide bonds. The lowest BCUT2D eigenvalue weighted by molar-refractivity contribution is -0.380. The van der Waals surface area contributed by atoms with Crippen LogP contribution in [-0.4, -0.2) is 223 Å². The highest BCUT2D eigenvalue weighted by Crippen LogP contribution is 2.34. The number of aliphatic hydroxyl groups excluding tert-OH is 12. The minimum Gasteiger partial charge on any atom is -0.394 e. The van der Waals surface area contributed by atoms with Crippen LogP contribution in [0.15, 0.2) is 0 Å². The molecule has 4 heterocycles. The smallest absolute Gasteiger partial charge is 0.217 e. The molecular formula is C27H47NO21. The van der Waals surface area contributed by atoms with Gasteiger partial charge in [0.1, 0.15) is 97.6 Å². The third kappa shape index (κ3) is 8.66. The van der Waals surface area contributed by atoms with Gasteiger partial charge in [0.05, 0.1) is 26.4 Å². The Bertz CT molecular complexity index is 1040. The Kier molecular flexibility index (Phi) is 14.4. The minimum atomic E-state index is -2.01. The molecule has 0 aromatic rings. The summed E-state index contributed by atoms with van der Waals surface area (Å²) in [6.45, 7) is -1.75. The van der Waals surface area contributed by atoms with Gasteiger partial charge in [-0.05, 0) is 0 Å². The van der Waals surface area contributed by atoms with Crippen LogP contribution in [0.1, 0.15) is 6.92 Å². The van der Waals surface area contributed by atoms with Crippen LogP contribution in [0.2, 0.25) is 0 Å². The van der Waals surface area contributed by atoms with E-state index in [9.17, 15) is 66.1 Å². The quantitative estimate of drug-likeness (QED) is 0.0889. The number of hydrogen-bond acceptors (Lipinski definition) is 21. The lowest BCUT2D eigenvalue weighted by Gasteiger charge is -2.50. The minimum absolute atomic E-state index is 0.229. The van der Waals surface area contributed by atoms with E-state index in [1.165, 1.54) is 7.11 Å². The number of rotatable bonds is 12. The van der Waals surface area contributed by atoms with Crippen molar-refractivity contribution < 1.29 is 104 Å². The summed E-state index contributed by atoms with van der Waals surface area (Å²) >= 11 is 0. The highest BCUT2D eigenvalue weighted by molar-refractivity contribution is 5.73. The first-order chi connectivity index (χ1) is 23.2. The molecule has 0 spiro atoms. The fraction of sp³-hybridized carbons (Fsp3) is 0.963. The molecule has 20 atom stereocenters. The number of aliphatic hydroxyl groups is 12. The zero-order valence-corrected chi connectivity index (χ0v) is 26.4. The van der Waals surface area contributed by atoms with E-state index in [2.05, 4.69) is 5.32 Å². The van der Waals surface area contributed by atoms with Crippen LogP contribution in [0.5, 0.6) is 0 Å². The lowest BCUT2D eigenvalue weighted by atomic mass is 9.94. The molecular weight excluding hydrogens is 674 g/mol. The van der Waals surface area contributed by atoms with E-state index in [0.29, 0.717) is 0 Å². The van der Waals surface area contributed by atoms with Gasteiger partial charge < -0.3 is 104 Å². The molecule has 22 heteroatoms. The number of amides is 1. The van der Waals surface area contributed by atoms with Crippen LogP contribution in [-0.2, 0) is 42.7 Å². The molecule has 22 nitrogen and oxygen atoms in total. The van der Waals surface area contributed by atoms with Crippen molar-refractivity contribution >= 4 is 5.91 Å². The van der Waals surface area contributed by atoms with Gasteiger partial charge in [-0.1, -0.05) is 0 Å². The Balaban J connectivity index is 1.56. The summed E-state index contributed by atoms with van der Waals surface area (Å²) in [5.41, 5.74) is 0. The maximum Gasteiger partial charge on any atom is 0.217 e. The normalized spacial score (nSPS) is 49.4. The molecule has 4 aliphatic rings. The fourth-order valence-electron chi connectivity index (χ4n) is 6.10. The van der Waals surface area contributed by atoms with Gasteiger partial charge in [0.25, 0.3) is 0 Å². The molecule has 4 aliphatic heterocycles. The van der Waals surface area contributed by atoms with Gasteiger partial charge >= 0.3 is 0 Å². The SMILES string of the molecule is COC[C@H]1O[C@@H](O[C@H]2[C@H](O)[C@@H](NC(C)=O)[C@H](O[C@H]3[C@@H](O)[C@@H](CO)O[C@@H](O[C@H]4[C@H](O)[C@@H](O)[C@H](O)O[C@@H]4CO)[C@@H]3O)O[C@@H]2CO)[C@H](O)[C@@H](O)[C@H]1O. The summed E-state index contributed by atoms with van der Waals surface area (Å²) in [6.07, 6.45) is -32.7. The molecule has 49 heavy (non-hydrogen) atoms. The van der Waals surface area contributed by atoms with E-state index >= 15 is 0 Å². The van der Waals surface area contributed by atoms with Crippen molar-refractivity contribution in [2.24, 2.45) is 0 Å². The van der Waals surface area contributed by atoms with Gasteiger partial charge in [0.2, 0.25) is 5.91 Å². The zero-order chi connectivity index (χ0) is 36.3. The lowest BCUT2D eigenvalue weighted by Crippen LogP contribution is -2.69. The van der Waals surface area contributed by atoms with Crippen molar-refractivity contribution in [1.29, 1.82) is 0 Å². The summed E-state index contributed by atoms with van der Waals surface area (Å²) in [5.74, 6) is -0.736. The number of hydrogen-bond donors (Lipinski definition) is 13. The second-order valence-corrected chi connectivity index (χ2v) is 12.2. The largest absolute Gasteiger partial charge is 0.394 e. The van der Waals surface area contributed by atoms with Crippen LogP contribution in [0.3, 0.4) is 0 Å². The van der Waals surface area contributed by atoms with E-state index in [0.717, 1.165) is 6.92 Å². The van der Waals surface area contributed by atoms with Crippen molar-refractivity contribution in [3.63, 3.8) is 0 Å². The molecule has 4 rings (SSSR count). The topological polar surface area (TPSA) is 346 Å². The van der Waals surface area contributed by atoms with Crippen LogP contribution < -0.4 is 5.32 Å². The molecule has 13 N–H and O–H groups in total. The maximum absolute atomic E-state index is 12.2. The number of methoxy groups -OCH3 is 1. The standard InChI is InChI=1S/C27H47NO21/c1-7(32)28-12-15(35)21(47-26-19(39)16(36)13(33)11(46-26)6-42-2)10(5-31)45-25(12)49-23-14(34)8(3-29)44-27(20(23)40)48-22-9(4-30)43-24(41)18(38)17(22)37/h8-27,29-31,33-41H,3-6H2,1-2H3,(H,28,32)/t8-,9-,10-,11-,12-,13+,14+,15-,16+,17-,18-,19-,20-,21-,22-,23+,24-,25+,26+,27+/m1/s1. The second kappa shape index (κ2) is 17.5. The molecule has 0 bridgehead atoms. The summed E-state index contributed by atoms with van der Waals surface area (Å²) in [4.78, 5) is 12.2. The molecule has 4 saturated heterocycles. The first kappa shape index (κ1) is 40.4. The number of ether oxygens (including phenoxy) is 8. The average Bonchev–Trinajstić information content (AvgIpc) is 3.07. The van der Waals surface area contributed by atoms with Crippen molar-refractivity contribution in [2.75, 3.05) is 33.5 Å². The van der Waals surface area contributed by atoms with E-state index in [-0.39, 0.29) is 6.61 Å². The third-order valence-corrected chi connectivity index (χ3v) is 8.76. The monoisotopic (exact) mass is 721 g/mol. The first-order valence-corrected chi connectivity index (χ1v) is 15.5. The molecule has 0 aromatic heterocycles. The third-order valence-electron chi connectivity index (χ3n) is 8.76. The van der Waals surface area contributed by atoms with E-state index < -0.39 is 148 Å². The fourth-order valence-corrected chi connectivity index (χ4v) is 6.10. The van der Waals surface area contributed by atoms with Crippen molar-refractivity contribution in [1.82, 2.24) is 5.32 Å². The molecule has 0 saturated carbocycles. The van der Waals surface area contributed by atoms with Gasteiger partial charge in [-0.25, -0.2) is 0 Å². The summed E-state index contributed by atoms with van der Waals surface area (Å²) in [5, 5.41) is 127. The highest BCUT2D eigenvalue weighted by atomic mass is 16.8. The van der Waals surface area contributed by atoms with E-state index in [1.54, 1.807) is 0 Å². The van der Waals surface area contributed by atoms with Crippen LogP contribution in [0.25, 0.3) is 0 Å². The Morgan fingerprint density at radius 1 is 0.551 bits per heavy atom. The average molecular weight is 722 g/mol. The van der Waals surface area contributed by atoms with Crippen LogP contribution in [0, 0.1) is 0 Å². The van der Waals surface area contributed by atoms with Gasteiger partial charge in [-0.3, -0.25) is 4.79 Å². The second-order valence-electron chi connectivity index (χ2n) is 12.2. The summed E-state index contributed by atoms with van der Waals surface area (Å²) < 4.78 is 43.9. The predicted molar refractivity (Wildman–Crippen MR) is 150 cm³/mol. The Hall–Kier alpha value is -1.33. The maximum atomic E-state index is 12.2. The molecule has 286 valence electrons. The molecule has 0 unspecified atom stereocenters. The number of carbonyl (C=O) groups excluding carboxylic acids is 1. The molecule has 4 fully saturated rings. The Morgan fingerprint density at radius 3 is 1.63 bits per heavy atom. The van der Waals surface area contributed by atoms with Crippen molar-refractivity contribution in [3.05, 3.63) is 0 Å². The number of carbonyl (C=O) groups is 1. The Labute approximate surface area is 278 Å². The summed E-state index contributed by atoms with van der Waals surface area (Å²) in [7, 11) is 1.29. The Morgan fingerprint density at radius 2 is 1.06 bits per heavy atom. The van der Waals surface area contributed by atoms with Crippen molar-refractivity contribution in [2.45, 2.75) is 130 Å². The predicted octanol–water partition coefficient (Wildman–Crippen LogP) is -8.95. The van der Waals surface area contributed by atoms with E-state index in [4.69, 9.17) is 37.9 Å². The molecule has 0 aromatic carbocycles. The highest BCUT2D eigenvalue weighted by Gasteiger charge is 2.55. The van der Waals surface area contributed by atoms with Gasteiger partial charge in [-0.15, -0.1) is 0 Å². The first-order valence-electron chi connectivity index (χ1n) is 15.5. The van der Waals surface area contributed by atoms with E-state index in [1.807, 2.05) is 0 Å². The van der Waals surface area contributed by atoms with Gasteiger partial charge in [0.15, 0.2) is 25.2 Å². The van der Waals surface area contributed by atoms with Crippen LogP contribution >= 0.6 is 0 Å². The zero-order valence-electron chi connectivity index (χ0n) is 26.4. The molecule has 0 aliphatic carbocycles. The number of nitrogens with one attached hydrogen (secondary N) is 1. The van der Waals surface area contributed by atoms with Crippen LogP contribution in [0.4, 0.5) is 0 Å². The summed E-state index contributed by atoms with van der Waals surface area (Å²) in [6, 6.07) is -1.59. The van der Waals surface area contributed by atoms with Gasteiger partial charge in [0, 0.05) is 14.0 Å². The molecule has 0 radical (unpaired) electrons. The van der Waals surface area contributed by atoms with Crippen molar-refractivity contribution in [3.8, 4) is 0 Å².